The molecule has 4 heteroatoms. The fraction of sp³-hybridized carbons (Fsp3) is 0.875. The normalized spacial score (nSPS) is 29.2. The van der Waals surface area contributed by atoms with Gasteiger partial charge < -0.3 is 4.90 Å². The number of piperidine rings is 1. The van der Waals surface area contributed by atoms with Gasteiger partial charge in [0.1, 0.15) is 13.1 Å². The Hall–Kier alpha value is -0.115. The van der Waals surface area contributed by atoms with Crippen molar-refractivity contribution in [3.8, 4) is 0 Å². The van der Waals surface area contributed by atoms with Crippen LogP contribution in [-0.4, -0.2) is 36.9 Å². The highest BCUT2D eigenvalue weighted by Crippen LogP contribution is 2.28. The van der Waals surface area contributed by atoms with Crippen LogP contribution >= 0.6 is 11.9 Å². The summed E-state index contributed by atoms with van der Waals surface area (Å²) in [4.78, 5) is 2.45. The predicted molar refractivity (Wildman–Crippen MR) is 56.1 cm³/mol. The second-order valence-electron chi connectivity index (χ2n) is 3.35. The maximum atomic E-state index is 4.53. The van der Waals surface area contributed by atoms with Gasteiger partial charge in [0.2, 0.25) is 0 Å². The molecule has 1 atom stereocenters. The van der Waals surface area contributed by atoms with E-state index in [1.165, 1.54) is 37.5 Å². The quantitative estimate of drug-likeness (QED) is 0.451. The van der Waals surface area contributed by atoms with Gasteiger partial charge in [-0.25, -0.2) is 4.40 Å². The van der Waals surface area contributed by atoms with Gasteiger partial charge in [-0.05, 0) is 30.6 Å². The number of hydrogen-bond acceptors (Lipinski definition) is 3. The molecule has 1 fully saturated rings. The molecule has 2 aliphatic rings. The van der Waals surface area contributed by atoms with Crippen molar-refractivity contribution in [2.75, 3.05) is 18.8 Å². The van der Waals surface area contributed by atoms with Gasteiger partial charge in [0.25, 0.3) is 0 Å². The molecule has 12 heavy (non-hydrogen) atoms. The van der Waals surface area contributed by atoms with Crippen molar-refractivity contribution in [2.24, 2.45) is 4.40 Å². The fourth-order valence-electron chi connectivity index (χ4n) is 1.91. The maximum Gasteiger partial charge on any atom is 0.120 e. The molecule has 0 bridgehead atoms. The second kappa shape index (κ2) is 3.73. The van der Waals surface area contributed by atoms with E-state index in [1.54, 1.807) is 11.9 Å². The van der Waals surface area contributed by atoms with E-state index in [0.29, 0.717) is 5.82 Å². The average molecular weight is 181 g/mol. The summed E-state index contributed by atoms with van der Waals surface area (Å²) in [6, 6.07) is 0. The Morgan fingerprint density at radius 2 is 2.50 bits per heavy atom. The van der Waals surface area contributed by atoms with Crippen LogP contribution in [0, 0.1) is 0 Å². The van der Waals surface area contributed by atoms with Crippen LogP contribution in [0.1, 0.15) is 12.8 Å². The van der Waals surface area contributed by atoms with Crippen LogP contribution < -0.4 is 0 Å². The first-order valence-electron chi connectivity index (χ1n) is 4.66. The van der Waals surface area contributed by atoms with Crippen LogP contribution in [0.25, 0.3) is 0 Å². The zero-order chi connectivity index (χ0) is 8.39. The zero-order valence-electron chi connectivity index (χ0n) is 7.49. The molecule has 0 aliphatic carbocycles. The van der Waals surface area contributed by atoms with Gasteiger partial charge in [0.05, 0.1) is 0 Å². The lowest BCUT2D eigenvalue weighted by Crippen LogP contribution is -2.42. The molecule has 1 saturated heterocycles. The van der Waals surface area contributed by atoms with Crippen molar-refractivity contribution < 1.29 is 0 Å². The highest BCUT2D eigenvalue weighted by atomic mass is 32.2. The molecular weight excluding hydrogens is 167 g/mol. The van der Waals surface area contributed by atoms with Gasteiger partial charge in [0, 0.05) is 18.8 Å². The fourth-order valence-corrected chi connectivity index (χ4v) is 2.69. The molecule has 0 aromatic heterocycles. The van der Waals surface area contributed by atoms with Crippen LogP contribution in [0.3, 0.4) is 0 Å². The maximum absolute atomic E-state index is 4.53. The number of nitrogens with zero attached hydrogens (tertiary/aromatic N) is 2. The summed E-state index contributed by atoms with van der Waals surface area (Å²) in [6.07, 6.45) is 2.63. The van der Waals surface area contributed by atoms with Crippen molar-refractivity contribution in [1.29, 1.82) is 0 Å². The molecule has 0 N–H and O–H groups in total. The lowest BCUT2D eigenvalue weighted by Gasteiger charge is -2.37. The molecule has 0 amide bonds. The van der Waals surface area contributed by atoms with Crippen molar-refractivity contribution in [1.82, 2.24) is 4.90 Å². The first-order valence-corrected chi connectivity index (χ1v) is 5.60. The van der Waals surface area contributed by atoms with Crippen LogP contribution in [0.15, 0.2) is 4.40 Å². The molecule has 2 aliphatic heterocycles. The van der Waals surface area contributed by atoms with Crippen LogP contribution in [0.5, 0.6) is 0 Å². The van der Waals surface area contributed by atoms with E-state index >= 15 is 0 Å². The van der Waals surface area contributed by atoms with Gasteiger partial charge in [0.15, 0.2) is 0 Å². The number of amidine groups is 1. The summed E-state index contributed by atoms with van der Waals surface area (Å²) in [5.41, 5.74) is 0. The van der Waals surface area contributed by atoms with E-state index in [-0.39, 0.29) is 0 Å². The van der Waals surface area contributed by atoms with Crippen LogP contribution in [-0.2, 0) is 0 Å². The second-order valence-corrected chi connectivity index (χ2v) is 4.20. The average Bonchev–Trinajstić information content (AvgIpc) is 2.17. The van der Waals surface area contributed by atoms with Crippen molar-refractivity contribution in [2.45, 2.75) is 25.5 Å². The first kappa shape index (κ1) is 8.48. The molecule has 0 spiro atoms. The molecule has 2 nitrogen and oxygen atoms in total. The Kier molecular flexibility index (Phi) is 2.64. The molecular formula is C8H14BN2S. The summed E-state index contributed by atoms with van der Waals surface area (Å²) in [5.74, 6) is 3.13. The van der Waals surface area contributed by atoms with Crippen LogP contribution in [0.2, 0.25) is 12.6 Å². The highest BCUT2D eigenvalue weighted by molar-refractivity contribution is 7.98. The third-order valence-corrected chi connectivity index (χ3v) is 3.29. The molecule has 2 heterocycles. The zero-order valence-corrected chi connectivity index (χ0v) is 8.31. The smallest absolute Gasteiger partial charge is 0.120 e. The largest absolute Gasteiger partial charge is 0.359 e. The lowest BCUT2D eigenvalue weighted by atomic mass is 9.63. The van der Waals surface area contributed by atoms with Gasteiger partial charge in [-0.2, -0.15) is 0 Å². The van der Waals surface area contributed by atoms with E-state index in [0.717, 1.165) is 0 Å². The Morgan fingerprint density at radius 3 is 3.33 bits per heavy atom. The van der Waals surface area contributed by atoms with Crippen molar-refractivity contribution in [3.63, 3.8) is 0 Å². The van der Waals surface area contributed by atoms with Crippen LogP contribution in [0.4, 0.5) is 0 Å². The summed E-state index contributed by atoms with van der Waals surface area (Å²) in [5, 5.41) is 0. The summed E-state index contributed by atoms with van der Waals surface area (Å²) in [6.45, 7) is 4.58. The number of rotatable bonds is 1. The predicted octanol–water partition coefficient (Wildman–Crippen LogP) is 1.68. The van der Waals surface area contributed by atoms with Gasteiger partial charge >= 0.3 is 0 Å². The first-order chi connectivity index (χ1) is 5.92. The highest BCUT2D eigenvalue weighted by Gasteiger charge is 2.26. The summed E-state index contributed by atoms with van der Waals surface area (Å²) < 4.78 is 4.53. The van der Waals surface area contributed by atoms with E-state index in [4.69, 9.17) is 0 Å². The van der Waals surface area contributed by atoms with Gasteiger partial charge in [-0.15, -0.1) is 0 Å². The third kappa shape index (κ3) is 1.49. The van der Waals surface area contributed by atoms with Gasteiger partial charge in [-0.3, -0.25) is 0 Å². The Labute approximate surface area is 79.2 Å². The minimum atomic E-state index is 0.631. The topological polar surface area (TPSA) is 15.6 Å². The van der Waals surface area contributed by atoms with Crippen molar-refractivity contribution in [3.05, 3.63) is 0 Å². The molecule has 0 aromatic carbocycles. The SMILES string of the molecule is C[B]C1CCCN2CCSN=C12. The third-order valence-electron chi connectivity index (χ3n) is 2.61. The molecule has 65 valence electrons. The standard InChI is InChI=1S/C8H14BN2S/c1-9-7-3-2-4-11-5-6-12-10-8(7)11/h7H,2-6H2,1H3. The van der Waals surface area contributed by atoms with E-state index in [1.807, 2.05) is 0 Å². The Balaban J connectivity index is 2.12. The monoisotopic (exact) mass is 181 g/mol. The van der Waals surface area contributed by atoms with E-state index in [9.17, 15) is 0 Å². The van der Waals surface area contributed by atoms with Gasteiger partial charge in [-0.1, -0.05) is 6.82 Å². The van der Waals surface area contributed by atoms with E-state index < -0.39 is 0 Å². The number of fused-ring (bicyclic) bond motifs is 1. The molecule has 0 aromatic rings. The minimum Gasteiger partial charge on any atom is -0.359 e. The molecule has 1 unspecified atom stereocenters. The summed E-state index contributed by atoms with van der Waals surface area (Å²) >= 11 is 1.73. The molecule has 2 rings (SSSR count). The van der Waals surface area contributed by atoms with Crippen molar-refractivity contribution >= 4 is 25.1 Å². The summed E-state index contributed by atoms with van der Waals surface area (Å²) in [7, 11) is 2.29. The molecule has 0 saturated carbocycles. The molecule has 1 radical (unpaired) electrons. The number of hydrogen-bond donors (Lipinski definition) is 0. The lowest BCUT2D eigenvalue weighted by molar-refractivity contribution is 0.387. The van der Waals surface area contributed by atoms with E-state index in [2.05, 4.69) is 23.4 Å². The Morgan fingerprint density at radius 1 is 1.58 bits per heavy atom. The Bertz CT molecular complexity index is 195. The minimum absolute atomic E-state index is 0.631.